The number of methoxy groups -OCH3 is 1. The lowest BCUT2D eigenvalue weighted by Crippen LogP contribution is -2.14. The van der Waals surface area contributed by atoms with Crippen LogP contribution < -0.4 is 10.1 Å². The molecule has 2 heterocycles. The van der Waals surface area contributed by atoms with Crippen molar-refractivity contribution < 1.29 is 9.53 Å². The van der Waals surface area contributed by atoms with Crippen LogP contribution in [0.3, 0.4) is 0 Å². The Labute approximate surface area is 207 Å². The van der Waals surface area contributed by atoms with Crippen molar-refractivity contribution in [1.29, 1.82) is 5.26 Å². The second-order valence-corrected chi connectivity index (χ2v) is 9.51. The summed E-state index contributed by atoms with van der Waals surface area (Å²) in [5.41, 5.74) is 3.82. The lowest BCUT2D eigenvalue weighted by Gasteiger charge is -2.07. The van der Waals surface area contributed by atoms with E-state index in [0.29, 0.717) is 15.7 Å². The molecule has 0 aliphatic carbocycles. The minimum atomic E-state index is -0.211. The van der Waals surface area contributed by atoms with Crippen molar-refractivity contribution in [2.45, 2.75) is 5.03 Å². The summed E-state index contributed by atoms with van der Waals surface area (Å²) < 4.78 is 6.19. The van der Waals surface area contributed by atoms with E-state index in [4.69, 9.17) is 4.74 Å². The lowest BCUT2D eigenvalue weighted by molar-refractivity contribution is -0.113. The van der Waals surface area contributed by atoms with Crippen LogP contribution in [-0.4, -0.2) is 28.7 Å². The molecule has 2 aromatic heterocycles. The average Bonchev–Trinajstić information content (AvgIpc) is 3.31. The molecule has 0 saturated heterocycles. The van der Waals surface area contributed by atoms with E-state index in [1.807, 2.05) is 53.9 Å². The third-order valence-corrected chi connectivity index (χ3v) is 6.87. The first kappa shape index (κ1) is 23.0. The van der Waals surface area contributed by atoms with Gasteiger partial charge in [-0.3, -0.25) is 4.79 Å². The van der Waals surface area contributed by atoms with Crippen LogP contribution in [0.5, 0.6) is 5.75 Å². The van der Waals surface area contributed by atoms with Crippen LogP contribution in [0.2, 0.25) is 0 Å². The van der Waals surface area contributed by atoms with Gasteiger partial charge in [0.25, 0.3) is 0 Å². The number of pyridine rings is 1. The first-order valence-corrected chi connectivity index (χ1v) is 12.4. The van der Waals surface area contributed by atoms with Gasteiger partial charge >= 0.3 is 0 Å². The Morgan fingerprint density at radius 1 is 1.06 bits per heavy atom. The quantitative estimate of drug-likeness (QED) is 0.281. The highest BCUT2D eigenvalue weighted by atomic mass is 79.9. The number of carbonyl (C=O) groups is 1. The number of anilines is 1. The highest BCUT2D eigenvalue weighted by Gasteiger charge is 2.13. The van der Waals surface area contributed by atoms with Crippen molar-refractivity contribution in [3.8, 4) is 34.3 Å². The molecule has 1 N–H and O–H groups in total. The van der Waals surface area contributed by atoms with E-state index in [1.54, 1.807) is 19.2 Å². The molecule has 0 fully saturated rings. The summed E-state index contributed by atoms with van der Waals surface area (Å²) >= 11 is 6.01. The molecular formula is C24H17BrN4O2S2. The number of aromatic nitrogens is 2. The molecule has 0 aliphatic rings. The maximum absolute atomic E-state index is 12.5. The maximum Gasteiger partial charge on any atom is 0.236 e. The van der Waals surface area contributed by atoms with Gasteiger partial charge in [0.15, 0.2) is 5.13 Å². The van der Waals surface area contributed by atoms with Gasteiger partial charge in [-0.1, -0.05) is 39.8 Å². The minimum Gasteiger partial charge on any atom is -0.497 e. The molecule has 0 bridgehead atoms. The molecule has 0 spiro atoms. The third kappa shape index (κ3) is 5.79. The molecule has 2 aromatic carbocycles. The molecule has 0 saturated carbocycles. The van der Waals surface area contributed by atoms with Gasteiger partial charge in [0.2, 0.25) is 5.91 Å². The van der Waals surface area contributed by atoms with Crippen molar-refractivity contribution in [2.24, 2.45) is 0 Å². The van der Waals surface area contributed by atoms with Crippen molar-refractivity contribution in [1.82, 2.24) is 9.97 Å². The summed E-state index contributed by atoms with van der Waals surface area (Å²) in [7, 11) is 1.61. The number of amides is 1. The predicted molar refractivity (Wildman–Crippen MR) is 136 cm³/mol. The zero-order valence-electron chi connectivity index (χ0n) is 17.4. The van der Waals surface area contributed by atoms with Gasteiger partial charge < -0.3 is 10.1 Å². The first-order chi connectivity index (χ1) is 16.1. The number of halogens is 1. The smallest absolute Gasteiger partial charge is 0.236 e. The molecule has 0 radical (unpaired) electrons. The van der Waals surface area contributed by atoms with E-state index in [0.717, 1.165) is 32.7 Å². The molecule has 164 valence electrons. The SMILES string of the molecule is COc1ccc(-c2ccc(C#N)c(SCC(=O)Nc3nc(-c4ccc(Br)cc4)cs3)n2)cc1. The Morgan fingerprint density at radius 2 is 1.76 bits per heavy atom. The van der Waals surface area contributed by atoms with Crippen LogP contribution in [-0.2, 0) is 4.79 Å². The van der Waals surface area contributed by atoms with E-state index in [-0.39, 0.29) is 11.7 Å². The van der Waals surface area contributed by atoms with Crippen molar-refractivity contribution in [3.63, 3.8) is 0 Å². The van der Waals surface area contributed by atoms with Gasteiger partial charge in [0, 0.05) is 21.0 Å². The summed E-state index contributed by atoms with van der Waals surface area (Å²) in [6, 6.07) is 21.0. The third-order valence-electron chi connectivity index (χ3n) is 4.60. The molecule has 4 rings (SSSR count). The summed E-state index contributed by atoms with van der Waals surface area (Å²) in [5.74, 6) is 0.655. The molecular weight excluding hydrogens is 520 g/mol. The van der Waals surface area contributed by atoms with E-state index < -0.39 is 0 Å². The molecule has 1 amide bonds. The fourth-order valence-electron chi connectivity index (χ4n) is 2.93. The van der Waals surface area contributed by atoms with Crippen molar-refractivity contribution in [2.75, 3.05) is 18.2 Å². The number of hydrogen-bond acceptors (Lipinski definition) is 7. The number of carbonyl (C=O) groups excluding carboxylic acids is 1. The van der Waals surface area contributed by atoms with Crippen LogP contribution in [0, 0.1) is 11.3 Å². The fraction of sp³-hybridized carbons (Fsp3) is 0.0833. The minimum absolute atomic E-state index is 0.112. The first-order valence-electron chi connectivity index (χ1n) is 9.75. The number of hydrogen-bond donors (Lipinski definition) is 1. The van der Waals surface area contributed by atoms with Crippen LogP contribution in [0.4, 0.5) is 5.13 Å². The van der Waals surface area contributed by atoms with Crippen molar-refractivity contribution >= 4 is 50.1 Å². The molecule has 4 aromatic rings. The number of nitrogens with zero attached hydrogens (tertiary/aromatic N) is 3. The Balaban J connectivity index is 1.42. The van der Waals surface area contributed by atoms with Crippen LogP contribution in [0.1, 0.15) is 5.56 Å². The van der Waals surface area contributed by atoms with Gasteiger partial charge in [-0.15, -0.1) is 11.3 Å². The lowest BCUT2D eigenvalue weighted by atomic mass is 10.1. The largest absolute Gasteiger partial charge is 0.497 e. The number of nitriles is 1. The Hall–Kier alpha value is -3.19. The maximum atomic E-state index is 12.5. The summed E-state index contributed by atoms with van der Waals surface area (Å²) in [4.78, 5) is 21.6. The number of thiazole rings is 1. The van der Waals surface area contributed by atoms with E-state index in [1.165, 1.54) is 23.1 Å². The Bertz CT molecular complexity index is 1320. The zero-order chi connectivity index (χ0) is 23.2. The monoisotopic (exact) mass is 536 g/mol. The van der Waals surface area contributed by atoms with Crippen molar-refractivity contribution in [3.05, 3.63) is 76.1 Å². The van der Waals surface area contributed by atoms with Crippen LogP contribution in [0.15, 0.2) is 75.5 Å². The summed E-state index contributed by atoms with van der Waals surface area (Å²) in [5, 5.41) is 15.2. The van der Waals surface area contributed by atoms with Gasteiger partial charge in [-0.25, -0.2) is 9.97 Å². The predicted octanol–water partition coefficient (Wildman–Crippen LogP) is 6.25. The molecule has 33 heavy (non-hydrogen) atoms. The number of benzene rings is 2. The molecule has 9 heteroatoms. The number of ether oxygens (including phenoxy) is 1. The number of nitrogens with one attached hydrogen (secondary N) is 1. The fourth-order valence-corrected chi connectivity index (χ4v) is 4.70. The number of rotatable bonds is 7. The van der Waals surface area contributed by atoms with E-state index in [2.05, 4.69) is 37.3 Å². The summed E-state index contributed by atoms with van der Waals surface area (Å²) in [6.07, 6.45) is 0. The second-order valence-electron chi connectivity index (χ2n) is 6.77. The van der Waals surface area contributed by atoms with Gasteiger partial charge in [-0.2, -0.15) is 5.26 Å². The van der Waals surface area contributed by atoms with Gasteiger partial charge in [0.05, 0.1) is 29.8 Å². The molecule has 6 nitrogen and oxygen atoms in total. The highest BCUT2D eigenvalue weighted by molar-refractivity contribution is 9.10. The summed E-state index contributed by atoms with van der Waals surface area (Å²) in [6.45, 7) is 0. The van der Waals surface area contributed by atoms with Crippen LogP contribution in [0.25, 0.3) is 22.5 Å². The average molecular weight is 537 g/mol. The van der Waals surface area contributed by atoms with Gasteiger partial charge in [-0.05, 0) is 48.5 Å². The molecule has 0 unspecified atom stereocenters. The van der Waals surface area contributed by atoms with Gasteiger partial charge in [0.1, 0.15) is 16.8 Å². The normalized spacial score (nSPS) is 10.5. The standard InChI is InChI=1S/C24H17BrN4O2S2/c1-31-19-9-4-15(5-10-19)20-11-6-17(12-26)23(27-20)32-14-22(30)29-24-28-21(13-33-24)16-2-7-18(25)8-3-16/h2-11,13H,14H2,1H3,(H,28,29,30). The molecule has 0 aliphatic heterocycles. The zero-order valence-corrected chi connectivity index (χ0v) is 20.6. The molecule has 0 atom stereocenters. The number of thioether (sulfide) groups is 1. The Kier molecular flexibility index (Phi) is 7.40. The van der Waals surface area contributed by atoms with E-state index >= 15 is 0 Å². The van der Waals surface area contributed by atoms with Crippen LogP contribution >= 0.6 is 39.0 Å². The Morgan fingerprint density at radius 3 is 2.45 bits per heavy atom. The second kappa shape index (κ2) is 10.6. The topological polar surface area (TPSA) is 87.9 Å². The highest BCUT2D eigenvalue weighted by Crippen LogP contribution is 2.28. The van der Waals surface area contributed by atoms with E-state index in [9.17, 15) is 10.1 Å².